The Hall–Kier alpha value is -1.19. The third kappa shape index (κ3) is 3.93. The van der Waals surface area contributed by atoms with Crippen LogP contribution in [0.2, 0.25) is 0 Å². The van der Waals surface area contributed by atoms with Crippen molar-refractivity contribution in [1.29, 1.82) is 0 Å². The topological polar surface area (TPSA) is 24.9 Å². The number of rotatable bonds is 6. The summed E-state index contributed by atoms with van der Waals surface area (Å²) in [4.78, 5) is 4.38. The predicted molar refractivity (Wildman–Crippen MR) is 78.1 cm³/mol. The third-order valence-electron chi connectivity index (χ3n) is 3.12. The molecular formula is C15H20N2S. The molecule has 0 fully saturated rings. The molecule has 2 rings (SSSR count). The zero-order valence-corrected chi connectivity index (χ0v) is 11.8. The maximum atomic E-state index is 4.38. The van der Waals surface area contributed by atoms with Gasteiger partial charge in [0.05, 0.1) is 11.2 Å². The number of nitrogens with zero attached hydrogens (tertiary/aromatic N) is 1. The van der Waals surface area contributed by atoms with Crippen LogP contribution in [0.1, 0.15) is 16.8 Å². The molecule has 0 bridgehead atoms. The van der Waals surface area contributed by atoms with E-state index in [1.165, 1.54) is 16.8 Å². The van der Waals surface area contributed by atoms with Crippen molar-refractivity contribution in [2.75, 3.05) is 13.6 Å². The van der Waals surface area contributed by atoms with E-state index in [0.29, 0.717) is 5.92 Å². The Balaban J connectivity index is 1.99. The molecule has 96 valence electrons. The van der Waals surface area contributed by atoms with Crippen molar-refractivity contribution < 1.29 is 0 Å². The summed E-state index contributed by atoms with van der Waals surface area (Å²) in [7, 11) is 2.02. The molecule has 2 nitrogen and oxygen atoms in total. The fraction of sp³-hybridized carbons (Fsp3) is 0.400. The Morgan fingerprint density at radius 3 is 2.61 bits per heavy atom. The third-order valence-corrected chi connectivity index (χ3v) is 3.75. The average Bonchev–Trinajstić information content (AvgIpc) is 2.85. The lowest BCUT2D eigenvalue weighted by molar-refractivity contribution is 0.489. The number of hydrogen-bond donors (Lipinski definition) is 1. The molecule has 0 spiro atoms. The molecule has 1 aromatic carbocycles. The maximum absolute atomic E-state index is 4.38. The van der Waals surface area contributed by atoms with Gasteiger partial charge in [0.15, 0.2) is 0 Å². The second-order valence-corrected chi connectivity index (χ2v) is 5.52. The molecule has 3 heteroatoms. The van der Waals surface area contributed by atoms with Crippen LogP contribution >= 0.6 is 11.3 Å². The van der Waals surface area contributed by atoms with E-state index in [1.54, 1.807) is 11.3 Å². The van der Waals surface area contributed by atoms with Crippen LogP contribution in [0.3, 0.4) is 0 Å². The largest absolute Gasteiger partial charge is 0.319 e. The average molecular weight is 260 g/mol. The number of aromatic nitrogens is 1. The molecule has 0 aliphatic heterocycles. The van der Waals surface area contributed by atoms with Crippen molar-refractivity contribution in [2.24, 2.45) is 5.92 Å². The van der Waals surface area contributed by atoms with Crippen LogP contribution < -0.4 is 5.32 Å². The lowest BCUT2D eigenvalue weighted by atomic mass is 9.94. The van der Waals surface area contributed by atoms with Gasteiger partial charge in [0.2, 0.25) is 0 Å². The molecule has 0 aliphatic rings. The van der Waals surface area contributed by atoms with Gasteiger partial charge < -0.3 is 5.32 Å². The van der Waals surface area contributed by atoms with Crippen LogP contribution in [0, 0.1) is 12.8 Å². The van der Waals surface area contributed by atoms with Gasteiger partial charge in [0.1, 0.15) is 0 Å². The summed E-state index contributed by atoms with van der Waals surface area (Å²) in [5, 5.41) is 5.44. The van der Waals surface area contributed by atoms with Crippen LogP contribution in [0.25, 0.3) is 0 Å². The van der Waals surface area contributed by atoms with Crippen LogP contribution in [-0.2, 0) is 12.8 Å². The number of thiazole rings is 1. The van der Waals surface area contributed by atoms with Gasteiger partial charge >= 0.3 is 0 Å². The Morgan fingerprint density at radius 2 is 2.00 bits per heavy atom. The van der Waals surface area contributed by atoms with Gasteiger partial charge in [-0.1, -0.05) is 29.8 Å². The summed E-state index contributed by atoms with van der Waals surface area (Å²) >= 11 is 1.68. The molecule has 1 aromatic heterocycles. The van der Waals surface area contributed by atoms with Crippen LogP contribution in [0.5, 0.6) is 0 Å². The van der Waals surface area contributed by atoms with Crippen molar-refractivity contribution in [3.8, 4) is 0 Å². The highest BCUT2D eigenvalue weighted by atomic mass is 32.1. The van der Waals surface area contributed by atoms with Gasteiger partial charge in [0, 0.05) is 5.38 Å². The van der Waals surface area contributed by atoms with Crippen molar-refractivity contribution in [2.45, 2.75) is 19.8 Å². The summed E-state index contributed by atoms with van der Waals surface area (Å²) < 4.78 is 0. The fourth-order valence-corrected chi connectivity index (χ4v) is 2.77. The molecule has 1 N–H and O–H groups in total. The lowest BCUT2D eigenvalue weighted by Gasteiger charge is -2.15. The number of nitrogens with one attached hydrogen (secondary N) is 1. The molecule has 0 amide bonds. The second kappa shape index (κ2) is 6.66. The maximum Gasteiger partial charge on any atom is 0.0794 e. The summed E-state index contributed by atoms with van der Waals surface area (Å²) in [5.74, 6) is 0.611. The van der Waals surface area contributed by atoms with Gasteiger partial charge in [0.25, 0.3) is 0 Å². The minimum Gasteiger partial charge on any atom is -0.319 e. The van der Waals surface area contributed by atoms with Crippen molar-refractivity contribution in [3.05, 3.63) is 52.0 Å². The molecule has 1 unspecified atom stereocenters. The quantitative estimate of drug-likeness (QED) is 0.863. The molecule has 0 saturated heterocycles. The Labute approximate surface area is 113 Å². The Kier molecular flexibility index (Phi) is 4.90. The summed E-state index contributed by atoms with van der Waals surface area (Å²) in [5.41, 5.74) is 5.87. The number of aryl methyl sites for hydroxylation is 1. The highest BCUT2D eigenvalue weighted by molar-refractivity contribution is 7.07. The molecule has 18 heavy (non-hydrogen) atoms. The molecule has 0 aliphatic carbocycles. The van der Waals surface area contributed by atoms with E-state index < -0.39 is 0 Å². The molecule has 2 aromatic rings. The SMILES string of the molecule is CNCC(Cc1ccc(C)cc1)Cc1cscn1. The zero-order chi connectivity index (χ0) is 12.8. The van der Waals surface area contributed by atoms with Gasteiger partial charge in [-0.05, 0) is 44.8 Å². The fourth-order valence-electron chi connectivity index (χ4n) is 2.20. The predicted octanol–water partition coefficient (Wildman–Crippen LogP) is 3.07. The molecule has 1 heterocycles. The van der Waals surface area contributed by atoms with E-state index in [1.807, 2.05) is 12.6 Å². The minimum absolute atomic E-state index is 0.611. The van der Waals surface area contributed by atoms with E-state index in [-0.39, 0.29) is 0 Å². The highest BCUT2D eigenvalue weighted by Gasteiger charge is 2.11. The first-order valence-electron chi connectivity index (χ1n) is 6.35. The molecule has 0 saturated carbocycles. The summed E-state index contributed by atoms with van der Waals surface area (Å²) in [6.07, 6.45) is 2.16. The molecule has 1 atom stereocenters. The van der Waals surface area contributed by atoms with Crippen molar-refractivity contribution in [3.63, 3.8) is 0 Å². The highest BCUT2D eigenvalue weighted by Crippen LogP contribution is 2.15. The summed E-state index contributed by atoms with van der Waals surface area (Å²) in [6, 6.07) is 8.85. The van der Waals surface area contributed by atoms with E-state index in [4.69, 9.17) is 0 Å². The smallest absolute Gasteiger partial charge is 0.0794 e. The van der Waals surface area contributed by atoms with Crippen LogP contribution in [0.15, 0.2) is 35.2 Å². The van der Waals surface area contributed by atoms with E-state index in [2.05, 4.69) is 46.9 Å². The minimum atomic E-state index is 0.611. The number of hydrogen-bond acceptors (Lipinski definition) is 3. The summed E-state index contributed by atoms with van der Waals surface area (Å²) in [6.45, 7) is 3.16. The van der Waals surface area contributed by atoms with E-state index in [0.717, 1.165) is 19.4 Å². The van der Waals surface area contributed by atoms with E-state index in [9.17, 15) is 0 Å². The van der Waals surface area contributed by atoms with Crippen LogP contribution in [0.4, 0.5) is 0 Å². The number of benzene rings is 1. The normalized spacial score (nSPS) is 12.6. The van der Waals surface area contributed by atoms with Gasteiger partial charge in [-0.25, -0.2) is 4.98 Å². The lowest BCUT2D eigenvalue weighted by Crippen LogP contribution is -2.22. The molecule has 0 radical (unpaired) electrons. The second-order valence-electron chi connectivity index (χ2n) is 4.80. The van der Waals surface area contributed by atoms with Gasteiger partial charge in [-0.2, -0.15) is 0 Å². The first kappa shape index (κ1) is 13.2. The van der Waals surface area contributed by atoms with Crippen LogP contribution in [-0.4, -0.2) is 18.6 Å². The van der Waals surface area contributed by atoms with Crippen molar-refractivity contribution >= 4 is 11.3 Å². The van der Waals surface area contributed by atoms with Gasteiger partial charge in [-0.15, -0.1) is 11.3 Å². The Bertz CT molecular complexity index is 448. The van der Waals surface area contributed by atoms with E-state index >= 15 is 0 Å². The first-order chi connectivity index (χ1) is 8.78. The monoisotopic (exact) mass is 260 g/mol. The Morgan fingerprint density at radius 1 is 1.22 bits per heavy atom. The standard InChI is InChI=1S/C15H20N2S/c1-12-3-5-13(6-4-12)7-14(9-16-2)8-15-10-18-11-17-15/h3-6,10-11,14,16H,7-9H2,1-2H3. The zero-order valence-electron chi connectivity index (χ0n) is 11.0. The van der Waals surface area contributed by atoms with Crippen molar-refractivity contribution in [1.82, 2.24) is 10.3 Å². The molecular weight excluding hydrogens is 240 g/mol. The first-order valence-corrected chi connectivity index (χ1v) is 7.29. The van der Waals surface area contributed by atoms with Gasteiger partial charge in [-0.3, -0.25) is 0 Å².